The van der Waals surface area contributed by atoms with Crippen molar-refractivity contribution in [1.29, 1.82) is 0 Å². The minimum Gasteiger partial charge on any atom is -0.441 e. The van der Waals surface area contributed by atoms with E-state index in [0.717, 1.165) is 16.9 Å². The van der Waals surface area contributed by atoms with Crippen LogP contribution in [0.2, 0.25) is 0 Å². The molecule has 0 bridgehead atoms. The van der Waals surface area contributed by atoms with E-state index in [1.54, 1.807) is 17.3 Å². The van der Waals surface area contributed by atoms with Crippen molar-refractivity contribution in [3.05, 3.63) is 73.1 Å². The Labute approximate surface area is 186 Å². The van der Waals surface area contributed by atoms with Crippen LogP contribution in [0, 0.1) is 5.92 Å². The van der Waals surface area contributed by atoms with Crippen molar-refractivity contribution in [1.82, 2.24) is 9.97 Å². The van der Waals surface area contributed by atoms with Crippen LogP contribution < -0.4 is 10.2 Å². The fourth-order valence-electron chi connectivity index (χ4n) is 4.48. The van der Waals surface area contributed by atoms with Crippen molar-refractivity contribution >= 4 is 23.5 Å². The number of carbonyl (C=O) groups excluding carboxylic acids is 2. The average molecular weight is 428 g/mol. The molecule has 2 heterocycles. The lowest BCUT2D eigenvalue weighted by Crippen LogP contribution is -2.41. The van der Waals surface area contributed by atoms with Gasteiger partial charge >= 0.3 is 6.09 Å². The van der Waals surface area contributed by atoms with Crippen molar-refractivity contribution in [2.45, 2.75) is 31.3 Å². The summed E-state index contributed by atoms with van der Waals surface area (Å²) >= 11 is 0. The first-order valence-electron chi connectivity index (χ1n) is 10.9. The zero-order chi connectivity index (χ0) is 22.0. The third-order valence-corrected chi connectivity index (χ3v) is 6.28. The average Bonchev–Trinajstić information content (AvgIpc) is 3.16. The van der Waals surface area contributed by atoms with E-state index in [1.165, 1.54) is 0 Å². The number of aromatic nitrogens is 2. The molecule has 1 aliphatic carbocycles. The van der Waals surface area contributed by atoms with E-state index in [-0.39, 0.29) is 17.9 Å². The molecule has 7 heteroatoms. The molecule has 2 aliphatic rings. The van der Waals surface area contributed by atoms with E-state index in [0.29, 0.717) is 38.0 Å². The van der Waals surface area contributed by atoms with Gasteiger partial charge in [-0.3, -0.25) is 14.7 Å². The van der Waals surface area contributed by atoms with E-state index >= 15 is 0 Å². The van der Waals surface area contributed by atoms with Gasteiger partial charge in [0, 0.05) is 17.2 Å². The summed E-state index contributed by atoms with van der Waals surface area (Å²) in [6.07, 6.45) is 5.59. The maximum absolute atomic E-state index is 12.8. The molecule has 2 aromatic carbocycles. The molecule has 1 N–H and O–H groups in total. The lowest BCUT2D eigenvalue weighted by atomic mass is 9.78. The molecule has 5 rings (SSSR count). The first-order valence-corrected chi connectivity index (χ1v) is 10.9. The Morgan fingerprint density at radius 3 is 2.31 bits per heavy atom. The first-order chi connectivity index (χ1) is 15.6. The molecule has 0 atom stereocenters. The summed E-state index contributed by atoms with van der Waals surface area (Å²) in [6.45, 7) is 0.524. The Morgan fingerprint density at radius 2 is 1.66 bits per heavy atom. The third kappa shape index (κ3) is 4.06. The second-order valence-electron chi connectivity index (χ2n) is 8.39. The summed E-state index contributed by atoms with van der Waals surface area (Å²) in [6, 6.07) is 19.3. The van der Waals surface area contributed by atoms with Gasteiger partial charge in [0.25, 0.3) is 0 Å². The van der Waals surface area contributed by atoms with E-state index in [2.05, 4.69) is 15.3 Å². The zero-order valence-corrected chi connectivity index (χ0v) is 17.6. The highest BCUT2D eigenvalue weighted by Gasteiger charge is 2.48. The van der Waals surface area contributed by atoms with Crippen molar-refractivity contribution in [3.63, 3.8) is 0 Å². The van der Waals surface area contributed by atoms with Gasteiger partial charge in [0.1, 0.15) is 5.60 Å². The molecular formula is C25H24N4O3. The molecule has 1 aromatic heterocycles. The van der Waals surface area contributed by atoms with Gasteiger partial charge in [-0.15, -0.1) is 0 Å². The van der Waals surface area contributed by atoms with E-state index in [9.17, 15) is 9.59 Å². The minimum absolute atomic E-state index is 0.0640. The number of ether oxygens (including phenoxy) is 1. The second-order valence-corrected chi connectivity index (χ2v) is 8.39. The summed E-state index contributed by atoms with van der Waals surface area (Å²) < 4.78 is 5.79. The second kappa shape index (κ2) is 8.42. The van der Waals surface area contributed by atoms with Crippen LogP contribution in [0.25, 0.3) is 11.3 Å². The number of anilines is 2. The molecule has 2 amide bonds. The summed E-state index contributed by atoms with van der Waals surface area (Å²) in [5.41, 5.74) is 2.06. The summed E-state index contributed by atoms with van der Waals surface area (Å²) in [4.78, 5) is 35.7. The molecular weight excluding hydrogens is 404 g/mol. The quantitative estimate of drug-likeness (QED) is 0.653. The molecule has 7 nitrogen and oxygen atoms in total. The van der Waals surface area contributed by atoms with Gasteiger partial charge in [-0.2, -0.15) is 0 Å². The number of hydrogen-bond donors (Lipinski definition) is 1. The molecule has 1 saturated carbocycles. The van der Waals surface area contributed by atoms with Gasteiger partial charge in [-0.1, -0.05) is 48.5 Å². The summed E-state index contributed by atoms with van der Waals surface area (Å²) in [7, 11) is 0. The summed E-state index contributed by atoms with van der Waals surface area (Å²) in [5, 5.41) is 2.88. The fourth-order valence-corrected chi connectivity index (χ4v) is 4.48. The summed E-state index contributed by atoms with van der Waals surface area (Å²) in [5.74, 6) is 0.240. The molecule has 162 valence electrons. The van der Waals surface area contributed by atoms with E-state index in [4.69, 9.17) is 4.74 Å². The Hall–Kier alpha value is -3.74. The molecule has 2 fully saturated rings. The Morgan fingerprint density at radius 1 is 0.969 bits per heavy atom. The van der Waals surface area contributed by atoms with Crippen molar-refractivity contribution < 1.29 is 14.3 Å². The Bertz CT molecular complexity index is 1100. The SMILES string of the molecule is O=C1O[C@]2(CC[C@H](C(=O)Nc3cnc(-c4ccccc4)cn3)CC2)CN1c1ccccc1. The van der Waals surface area contributed by atoms with Crippen LogP contribution in [0.4, 0.5) is 16.3 Å². The van der Waals surface area contributed by atoms with E-state index in [1.807, 2.05) is 60.7 Å². The smallest absolute Gasteiger partial charge is 0.415 e. The molecule has 1 aliphatic heterocycles. The minimum atomic E-state index is -0.513. The monoisotopic (exact) mass is 428 g/mol. The molecule has 0 unspecified atom stereocenters. The molecule has 1 saturated heterocycles. The third-order valence-electron chi connectivity index (χ3n) is 6.28. The van der Waals surface area contributed by atoms with Crippen LogP contribution in [0.15, 0.2) is 73.1 Å². The molecule has 1 spiro atoms. The highest BCUT2D eigenvalue weighted by atomic mass is 16.6. The van der Waals surface area contributed by atoms with Crippen LogP contribution >= 0.6 is 0 Å². The number of hydrogen-bond acceptors (Lipinski definition) is 5. The lowest BCUT2D eigenvalue weighted by Gasteiger charge is -2.34. The predicted molar refractivity (Wildman–Crippen MR) is 121 cm³/mol. The van der Waals surface area contributed by atoms with Crippen LogP contribution in [0.1, 0.15) is 25.7 Å². The number of nitrogens with one attached hydrogen (secondary N) is 1. The number of nitrogens with zero attached hydrogens (tertiary/aromatic N) is 3. The van der Waals surface area contributed by atoms with Crippen LogP contribution in [-0.2, 0) is 9.53 Å². The van der Waals surface area contributed by atoms with Crippen molar-refractivity contribution in [3.8, 4) is 11.3 Å². The van der Waals surface area contributed by atoms with Gasteiger partial charge in [0.05, 0.1) is 24.6 Å². The zero-order valence-electron chi connectivity index (χ0n) is 17.6. The number of amides is 2. The van der Waals surface area contributed by atoms with Crippen LogP contribution in [0.3, 0.4) is 0 Å². The first kappa shape index (κ1) is 20.2. The maximum atomic E-state index is 12.8. The van der Waals surface area contributed by atoms with Gasteiger partial charge in [0.2, 0.25) is 5.91 Å². The standard InChI is InChI=1S/C25H24N4O3/c30-23(28-22-16-26-21(15-27-22)18-7-3-1-4-8-18)19-11-13-25(14-12-19)17-29(24(31)32-25)20-9-5-2-6-10-20/h1-10,15-16,19H,11-14,17H2,(H,27,28,30)/t19-,25-. The van der Waals surface area contributed by atoms with Gasteiger partial charge in [0.15, 0.2) is 5.82 Å². The lowest BCUT2D eigenvalue weighted by molar-refractivity contribution is -0.122. The van der Waals surface area contributed by atoms with Crippen LogP contribution in [-0.4, -0.2) is 34.1 Å². The van der Waals surface area contributed by atoms with Gasteiger partial charge < -0.3 is 10.1 Å². The van der Waals surface area contributed by atoms with Gasteiger partial charge in [-0.25, -0.2) is 9.78 Å². The topological polar surface area (TPSA) is 84.4 Å². The number of rotatable bonds is 4. The fraction of sp³-hybridized carbons (Fsp3) is 0.280. The van der Waals surface area contributed by atoms with Gasteiger partial charge in [-0.05, 0) is 37.8 Å². The van der Waals surface area contributed by atoms with Crippen LogP contribution in [0.5, 0.6) is 0 Å². The molecule has 0 radical (unpaired) electrons. The number of para-hydroxylation sites is 1. The largest absolute Gasteiger partial charge is 0.441 e. The maximum Gasteiger partial charge on any atom is 0.415 e. The Kier molecular flexibility index (Phi) is 5.31. The van der Waals surface area contributed by atoms with Crippen molar-refractivity contribution in [2.24, 2.45) is 5.92 Å². The normalized spacial score (nSPS) is 22.6. The predicted octanol–water partition coefficient (Wildman–Crippen LogP) is 4.67. The highest BCUT2D eigenvalue weighted by molar-refractivity contribution is 5.92. The molecule has 32 heavy (non-hydrogen) atoms. The Balaban J connectivity index is 1.18. The van der Waals surface area contributed by atoms with E-state index < -0.39 is 5.60 Å². The molecule has 3 aromatic rings. The van der Waals surface area contributed by atoms with Crippen molar-refractivity contribution in [2.75, 3.05) is 16.8 Å². The number of carbonyl (C=O) groups is 2. The highest BCUT2D eigenvalue weighted by Crippen LogP contribution is 2.41. The number of benzene rings is 2.